The van der Waals surface area contributed by atoms with Crippen molar-refractivity contribution in [3.8, 4) is 0 Å². The third-order valence-corrected chi connectivity index (χ3v) is 4.42. The normalized spacial score (nSPS) is 14.6. The van der Waals surface area contributed by atoms with E-state index in [9.17, 15) is 9.36 Å². The molecule has 0 aliphatic carbocycles. The van der Waals surface area contributed by atoms with Crippen LogP contribution in [0.1, 0.15) is 66.7 Å². The molecular formula is C13H27O4P. The van der Waals surface area contributed by atoms with Crippen molar-refractivity contribution >= 4 is 14.0 Å². The van der Waals surface area contributed by atoms with Gasteiger partial charge in [-0.05, 0) is 33.1 Å². The van der Waals surface area contributed by atoms with Crippen LogP contribution in [0.3, 0.4) is 0 Å². The van der Waals surface area contributed by atoms with Crippen LogP contribution in [0.2, 0.25) is 0 Å². The summed E-state index contributed by atoms with van der Waals surface area (Å²) in [7, 11) is -3.10. The number of hydrogen-bond donors (Lipinski definition) is 1. The molecule has 1 unspecified atom stereocenters. The van der Waals surface area contributed by atoms with Gasteiger partial charge in [-0.15, -0.1) is 0 Å². The highest BCUT2D eigenvalue weighted by atomic mass is 31.1. The molecule has 0 spiro atoms. The molecule has 0 aromatic rings. The molecule has 4 nitrogen and oxygen atoms in total. The Morgan fingerprint density at radius 3 is 2.06 bits per heavy atom. The Bertz CT molecular complexity index is 295. The van der Waals surface area contributed by atoms with E-state index in [2.05, 4.69) is 6.92 Å². The quantitative estimate of drug-likeness (QED) is 0.653. The fourth-order valence-corrected chi connectivity index (χ4v) is 2.99. The van der Waals surface area contributed by atoms with Crippen LogP contribution in [0.5, 0.6) is 0 Å². The third kappa shape index (κ3) is 4.49. The Morgan fingerprint density at radius 1 is 1.22 bits per heavy atom. The second-order valence-corrected chi connectivity index (χ2v) is 6.03. The predicted molar refractivity (Wildman–Crippen MR) is 73.9 cm³/mol. The van der Waals surface area contributed by atoms with Crippen LogP contribution >= 0.6 is 8.25 Å². The minimum atomic E-state index is -3.10. The van der Waals surface area contributed by atoms with Crippen molar-refractivity contribution < 1.29 is 18.8 Å². The highest BCUT2D eigenvalue weighted by Gasteiger charge is 2.44. The maximum absolute atomic E-state index is 12.6. The first-order chi connectivity index (χ1) is 8.25. The standard InChI is InChI=1S/C13H27O4P/c1-6-9-10-13(7-2,8-3)11(14)12(4,5)17-18(15)16/h18H,6-10H2,1-5H3,(H,15,16). The van der Waals surface area contributed by atoms with E-state index in [1.165, 1.54) is 0 Å². The Labute approximate surface area is 111 Å². The number of carbonyl (C=O) groups is 1. The molecule has 0 aromatic heterocycles. The zero-order valence-corrected chi connectivity index (χ0v) is 13.2. The van der Waals surface area contributed by atoms with Gasteiger partial charge in [-0.25, -0.2) is 0 Å². The van der Waals surface area contributed by atoms with Crippen molar-refractivity contribution in [1.29, 1.82) is 0 Å². The van der Waals surface area contributed by atoms with E-state index in [0.29, 0.717) is 0 Å². The summed E-state index contributed by atoms with van der Waals surface area (Å²) in [5.41, 5.74) is -1.62. The molecule has 0 rings (SSSR count). The van der Waals surface area contributed by atoms with Gasteiger partial charge in [0.15, 0.2) is 5.78 Å². The molecule has 0 aliphatic heterocycles. The molecule has 108 valence electrons. The first-order valence-corrected chi connectivity index (χ1v) is 7.99. The van der Waals surface area contributed by atoms with Gasteiger partial charge in [0.1, 0.15) is 5.60 Å². The molecule has 0 bridgehead atoms. The third-order valence-electron chi connectivity index (χ3n) is 3.73. The van der Waals surface area contributed by atoms with Gasteiger partial charge in [-0.3, -0.25) is 13.9 Å². The highest BCUT2D eigenvalue weighted by molar-refractivity contribution is 7.32. The van der Waals surface area contributed by atoms with Crippen LogP contribution in [-0.2, 0) is 13.9 Å². The Balaban J connectivity index is 5.11. The smallest absolute Gasteiger partial charge is 0.317 e. The molecule has 18 heavy (non-hydrogen) atoms. The first-order valence-electron chi connectivity index (χ1n) is 6.72. The highest BCUT2D eigenvalue weighted by Crippen LogP contribution is 2.40. The van der Waals surface area contributed by atoms with Crippen molar-refractivity contribution in [1.82, 2.24) is 0 Å². The maximum atomic E-state index is 12.6. The molecule has 0 heterocycles. The summed E-state index contributed by atoms with van der Waals surface area (Å²) in [4.78, 5) is 21.5. The van der Waals surface area contributed by atoms with Crippen LogP contribution in [0.15, 0.2) is 0 Å². The molecule has 0 aromatic carbocycles. The number of Topliss-reactive ketones (excluding diaryl/α,β-unsaturated/α-hetero) is 1. The van der Waals surface area contributed by atoms with Crippen molar-refractivity contribution in [2.75, 3.05) is 0 Å². The van der Waals surface area contributed by atoms with Crippen LogP contribution in [0.25, 0.3) is 0 Å². The van der Waals surface area contributed by atoms with Gasteiger partial charge in [0, 0.05) is 5.41 Å². The molecule has 0 fully saturated rings. The lowest BCUT2D eigenvalue weighted by Crippen LogP contribution is -2.45. The largest absolute Gasteiger partial charge is 0.326 e. The summed E-state index contributed by atoms with van der Waals surface area (Å²) in [6, 6.07) is 0. The number of ketones is 1. The Kier molecular flexibility index (Phi) is 7.34. The molecule has 0 saturated heterocycles. The molecule has 1 N–H and O–H groups in total. The van der Waals surface area contributed by atoms with Gasteiger partial charge in [-0.2, -0.15) is 0 Å². The van der Waals surface area contributed by atoms with Gasteiger partial charge in [0.05, 0.1) is 0 Å². The molecule has 0 radical (unpaired) electrons. The van der Waals surface area contributed by atoms with Crippen LogP contribution < -0.4 is 0 Å². The van der Waals surface area contributed by atoms with Crippen LogP contribution in [0.4, 0.5) is 0 Å². The number of unbranched alkanes of at least 4 members (excludes halogenated alkanes) is 1. The van der Waals surface area contributed by atoms with Crippen molar-refractivity contribution in [3.05, 3.63) is 0 Å². The Hall–Kier alpha value is -0.180. The summed E-state index contributed by atoms with van der Waals surface area (Å²) in [6.07, 6.45) is 4.31. The SMILES string of the molecule is CCCCC(CC)(CC)C(=O)C(C)(C)O[PH](=O)O. The first kappa shape index (κ1) is 17.8. The Morgan fingerprint density at radius 2 is 1.72 bits per heavy atom. The predicted octanol–water partition coefficient (Wildman–Crippen LogP) is 3.73. The minimum absolute atomic E-state index is 0.0548. The number of hydrogen-bond acceptors (Lipinski definition) is 3. The molecule has 0 saturated carbocycles. The van der Waals surface area contributed by atoms with Crippen molar-refractivity contribution in [3.63, 3.8) is 0 Å². The average Bonchev–Trinajstić information content (AvgIpc) is 2.29. The number of carbonyl (C=O) groups excluding carboxylic acids is 1. The minimum Gasteiger partial charge on any atom is -0.326 e. The van der Waals surface area contributed by atoms with E-state index in [4.69, 9.17) is 9.42 Å². The molecule has 1 atom stereocenters. The van der Waals surface area contributed by atoms with Crippen LogP contribution in [-0.4, -0.2) is 16.3 Å². The van der Waals surface area contributed by atoms with Gasteiger partial charge < -0.3 is 4.89 Å². The van der Waals surface area contributed by atoms with Crippen molar-refractivity contribution in [2.45, 2.75) is 72.3 Å². The van der Waals surface area contributed by atoms with Gasteiger partial charge in [0.2, 0.25) is 0 Å². The van der Waals surface area contributed by atoms with E-state index in [-0.39, 0.29) is 5.78 Å². The monoisotopic (exact) mass is 278 g/mol. The van der Waals surface area contributed by atoms with Crippen molar-refractivity contribution in [2.24, 2.45) is 5.41 Å². The van der Waals surface area contributed by atoms with Crippen LogP contribution in [0, 0.1) is 5.41 Å². The van der Waals surface area contributed by atoms with E-state index in [1.807, 2.05) is 13.8 Å². The van der Waals surface area contributed by atoms with E-state index >= 15 is 0 Å². The van der Waals surface area contributed by atoms with Gasteiger partial charge >= 0.3 is 8.25 Å². The van der Waals surface area contributed by atoms with Gasteiger partial charge in [-0.1, -0.05) is 33.6 Å². The maximum Gasteiger partial charge on any atom is 0.317 e. The van der Waals surface area contributed by atoms with E-state index in [1.54, 1.807) is 13.8 Å². The second-order valence-electron chi connectivity index (χ2n) is 5.30. The fourth-order valence-electron chi connectivity index (χ4n) is 2.46. The molecule has 0 amide bonds. The topological polar surface area (TPSA) is 63.6 Å². The summed E-state index contributed by atoms with van der Waals surface area (Å²) in [5.74, 6) is -0.0548. The average molecular weight is 278 g/mol. The van der Waals surface area contributed by atoms with Gasteiger partial charge in [0.25, 0.3) is 0 Å². The molecular weight excluding hydrogens is 251 g/mol. The fraction of sp³-hybridized carbons (Fsp3) is 0.923. The zero-order chi connectivity index (χ0) is 14.4. The van der Waals surface area contributed by atoms with E-state index in [0.717, 1.165) is 32.1 Å². The lowest BCUT2D eigenvalue weighted by atomic mass is 9.70. The molecule has 0 aliphatic rings. The summed E-state index contributed by atoms with van der Waals surface area (Å²) in [6.45, 7) is 9.25. The summed E-state index contributed by atoms with van der Waals surface area (Å²) < 4.78 is 15.8. The summed E-state index contributed by atoms with van der Waals surface area (Å²) >= 11 is 0. The lowest BCUT2D eigenvalue weighted by Gasteiger charge is -2.36. The number of rotatable bonds is 9. The molecule has 5 heteroatoms. The van der Waals surface area contributed by atoms with E-state index < -0.39 is 19.3 Å². The second kappa shape index (κ2) is 7.42. The zero-order valence-electron chi connectivity index (χ0n) is 12.2. The summed E-state index contributed by atoms with van der Waals surface area (Å²) in [5, 5.41) is 0. The lowest BCUT2D eigenvalue weighted by molar-refractivity contribution is -0.144.